The Bertz CT molecular complexity index is 434. The van der Waals surface area contributed by atoms with Crippen molar-refractivity contribution < 1.29 is 4.74 Å². The normalized spacial score (nSPS) is 10.5. The van der Waals surface area contributed by atoms with E-state index in [2.05, 4.69) is 22.1 Å². The lowest BCUT2D eigenvalue weighted by Crippen LogP contribution is -2.05. The van der Waals surface area contributed by atoms with Gasteiger partial charge in [0.05, 0.1) is 6.10 Å². The minimum absolute atomic E-state index is 0.222. The van der Waals surface area contributed by atoms with Crippen LogP contribution < -0.4 is 10.1 Å². The molecular formula is C14H17NOS. The van der Waals surface area contributed by atoms with Crippen LogP contribution in [-0.4, -0.2) is 6.10 Å². The highest BCUT2D eigenvalue weighted by molar-refractivity contribution is 7.07. The molecule has 0 atom stereocenters. The molecular weight excluding hydrogens is 230 g/mol. The maximum atomic E-state index is 5.59. The summed E-state index contributed by atoms with van der Waals surface area (Å²) >= 11 is 1.72. The molecule has 2 rings (SSSR count). The Kier molecular flexibility index (Phi) is 4.04. The maximum absolute atomic E-state index is 5.59. The Morgan fingerprint density at radius 1 is 1.18 bits per heavy atom. The van der Waals surface area contributed by atoms with E-state index in [0.29, 0.717) is 0 Å². The van der Waals surface area contributed by atoms with Crippen molar-refractivity contribution in [1.82, 2.24) is 0 Å². The largest absolute Gasteiger partial charge is 0.491 e. The summed E-state index contributed by atoms with van der Waals surface area (Å²) in [5, 5.41) is 7.63. The molecule has 0 aliphatic carbocycles. The number of rotatable bonds is 5. The molecule has 0 amide bonds. The second kappa shape index (κ2) is 5.73. The minimum atomic E-state index is 0.222. The van der Waals surface area contributed by atoms with Gasteiger partial charge >= 0.3 is 0 Å². The van der Waals surface area contributed by atoms with Crippen molar-refractivity contribution in [3.05, 3.63) is 46.7 Å². The van der Waals surface area contributed by atoms with Crippen molar-refractivity contribution in [2.75, 3.05) is 5.32 Å². The first-order chi connectivity index (χ1) is 8.24. The van der Waals surface area contributed by atoms with Crippen LogP contribution in [0.15, 0.2) is 41.1 Å². The topological polar surface area (TPSA) is 21.3 Å². The van der Waals surface area contributed by atoms with Crippen LogP contribution in [0, 0.1) is 0 Å². The van der Waals surface area contributed by atoms with E-state index in [1.54, 1.807) is 11.3 Å². The summed E-state index contributed by atoms with van der Waals surface area (Å²) in [5.74, 6) is 0.918. The van der Waals surface area contributed by atoms with E-state index in [-0.39, 0.29) is 6.10 Å². The molecule has 2 aromatic rings. The molecule has 2 nitrogen and oxygen atoms in total. The molecule has 0 radical (unpaired) electrons. The van der Waals surface area contributed by atoms with Gasteiger partial charge < -0.3 is 10.1 Å². The molecule has 0 unspecified atom stereocenters. The first-order valence-electron chi connectivity index (χ1n) is 5.76. The number of hydrogen-bond donors (Lipinski definition) is 1. The molecule has 0 aliphatic rings. The molecule has 0 aliphatic heterocycles. The van der Waals surface area contributed by atoms with Gasteiger partial charge in [0.2, 0.25) is 0 Å². The highest BCUT2D eigenvalue weighted by atomic mass is 32.1. The molecule has 1 aromatic heterocycles. The van der Waals surface area contributed by atoms with E-state index in [0.717, 1.165) is 18.0 Å². The fourth-order valence-corrected chi connectivity index (χ4v) is 2.19. The smallest absolute Gasteiger partial charge is 0.119 e. The summed E-state index contributed by atoms with van der Waals surface area (Å²) < 4.78 is 5.59. The van der Waals surface area contributed by atoms with Crippen molar-refractivity contribution in [3.63, 3.8) is 0 Å². The van der Waals surface area contributed by atoms with Crippen LogP contribution in [0.4, 0.5) is 5.69 Å². The minimum Gasteiger partial charge on any atom is -0.491 e. The van der Waals surface area contributed by atoms with E-state index in [9.17, 15) is 0 Å². The molecule has 0 bridgehead atoms. The van der Waals surface area contributed by atoms with Crippen molar-refractivity contribution in [3.8, 4) is 5.75 Å². The monoisotopic (exact) mass is 247 g/mol. The molecule has 90 valence electrons. The fraction of sp³-hybridized carbons (Fsp3) is 0.286. The van der Waals surface area contributed by atoms with Gasteiger partial charge in [-0.2, -0.15) is 11.3 Å². The summed E-state index contributed by atoms with van der Waals surface area (Å²) in [6.45, 7) is 4.93. The standard InChI is InChI=1S/C14H17NOS/c1-11(2)16-14-5-3-13(4-6-14)15-9-12-7-8-17-10-12/h3-8,10-11,15H,9H2,1-2H3. The second-order valence-electron chi connectivity index (χ2n) is 4.18. The highest BCUT2D eigenvalue weighted by Gasteiger charge is 1.98. The summed E-state index contributed by atoms with van der Waals surface area (Å²) in [7, 11) is 0. The molecule has 0 saturated heterocycles. The predicted molar refractivity (Wildman–Crippen MR) is 73.9 cm³/mol. The van der Waals surface area contributed by atoms with E-state index < -0.39 is 0 Å². The molecule has 17 heavy (non-hydrogen) atoms. The number of thiophene rings is 1. The van der Waals surface area contributed by atoms with E-state index in [1.165, 1.54) is 5.56 Å². The van der Waals surface area contributed by atoms with Crippen LogP contribution in [0.3, 0.4) is 0 Å². The number of hydrogen-bond acceptors (Lipinski definition) is 3. The first kappa shape index (κ1) is 12.0. The highest BCUT2D eigenvalue weighted by Crippen LogP contribution is 2.17. The Morgan fingerprint density at radius 3 is 2.53 bits per heavy atom. The zero-order valence-electron chi connectivity index (χ0n) is 10.1. The third-order valence-corrected chi connectivity index (χ3v) is 3.03. The summed E-state index contributed by atoms with van der Waals surface area (Å²) in [4.78, 5) is 0. The zero-order valence-corrected chi connectivity index (χ0v) is 11.0. The number of nitrogens with one attached hydrogen (secondary N) is 1. The molecule has 1 aromatic carbocycles. The first-order valence-corrected chi connectivity index (χ1v) is 6.70. The molecule has 1 heterocycles. The summed E-state index contributed by atoms with van der Waals surface area (Å²) in [5.41, 5.74) is 2.44. The second-order valence-corrected chi connectivity index (χ2v) is 4.96. The molecule has 0 fully saturated rings. The molecule has 0 spiro atoms. The average molecular weight is 247 g/mol. The molecule has 1 N–H and O–H groups in total. The van der Waals surface area contributed by atoms with Gasteiger partial charge in [-0.05, 0) is 60.5 Å². The Balaban J connectivity index is 1.89. The fourth-order valence-electron chi connectivity index (χ4n) is 1.52. The lowest BCUT2D eigenvalue weighted by atomic mass is 10.2. The van der Waals surface area contributed by atoms with Crippen LogP contribution >= 0.6 is 11.3 Å². The van der Waals surface area contributed by atoms with Crippen molar-refractivity contribution in [2.45, 2.75) is 26.5 Å². The number of ether oxygens (including phenoxy) is 1. The van der Waals surface area contributed by atoms with Crippen LogP contribution in [0.25, 0.3) is 0 Å². The third kappa shape index (κ3) is 3.79. The van der Waals surface area contributed by atoms with E-state index >= 15 is 0 Å². The average Bonchev–Trinajstić information content (AvgIpc) is 2.80. The Hall–Kier alpha value is -1.48. The Labute approximate surface area is 106 Å². The summed E-state index contributed by atoms with van der Waals surface area (Å²) in [6.07, 6.45) is 0.222. The molecule has 0 saturated carbocycles. The number of benzene rings is 1. The van der Waals surface area contributed by atoms with Crippen LogP contribution in [0.1, 0.15) is 19.4 Å². The van der Waals surface area contributed by atoms with E-state index in [1.807, 2.05) is 38.1 Å². The van der Waals surface area contributed by atoms with Crippen molar-refractivity contribution >= 4 is 17.0 Å². The zero-order chi connectivity index (χ0) is 12.1. The van der Waals surface area contributed by atoms with Crippen molar-refractivity contribution in [2.24, 2.45) is 0 Å². The van der Waals surface area contributed by atoms with Gasteiger partial charge in [-0.1, -0.05) is 0 Å². The SMILES string of the molecule is CC(C)Oc1ccc(NCc2ccsc2)cc1. The van der Waals surface area contributed by atoms with Crippen molar-refractivity contribution in [1.29, 1.82) is 0 Å². The van der Waals surface area contributed by atoms with Gasteiger partial charge in [0.15, 0.2) is 0 Å². The lowest BCUT2D eigenvalue weighted by Gasteiger charge is -2.10. The summed E-state index contributed by atoms with van der Waals surface area (Å²) in [6, 6.07) is 10.2. The Morgan fingerprint density at radius 2 is 1.94 bits per heavy atom. The number of anilines is 1. The van der Waals surface area contributed by atoms with Crippen LogP contribution in [0.5, 0.6) is 5.75 Å². The van der Waals surface area contributed by atoms with Gasteiger partial charge in [0.25, 0.3) is 0 Å². The maximum Gasteiger partial charge on any atom is 0.119 e. The van der Waals surface area contributed by atoms with Gasteiger partial charge in [0.1, 0.15) is 5.75 Å². The van der Waals surface area contributed by atoms with Crippen LogP contribution in [-0.2, 0) is 6.54 Å². The van der Waals surface area contributed by atoms with Crippen LogP contribution in [0.2, 0.25) is 0 Å². The van der Waals surface area contributed by atoms with Gasteiger partial charge in [-0.25, -0.2) is 0 Å². The van der Waals surface area contributed by atoms with Gasteiger partial charge in [0, 0.05) is 12.2 Å². The van der Waals surface area contributed by atoms with E-state index in [4.69, 9.17) is 4.74 Å². The predicted octanol–water partition coefficient (Wildman–Crippen LogP) is 4.15. The van der Waals surface area contributed by atoms with Gasteiger partial charge in [-0.15, -0.1) is 0 Å². The third-order valence-electron chi connectivity index (χ3n) is 2.30. The quantitative estimate of drug-likeness (QED) is 0.857. The lowest BCUT2D eigenvalue weighted by molar-refractivity contribution is 0.242. The van der Waals surface area contributed by atoms with Gasteiger partial charge in [-0.3, -0.25) is 0 Å². The molecule has 3 heteroatoms.